The topological polar surface area (TPSA) is 49.3 Å². The Labute approximate surface area is 103 Å². The lowest BCUT2D eigenvalue weighted by molar-refractivity contribution is -0.146. The zero-order valence-electron chi connectivity index (χ0n) is 10.5. The molecular weight excluding hydrogens is 214 g/mol. The Kier molecular flexibility index (Phi) is 2.89. The second-order valence-electron chi connectivity index (χ2n) is 6.32. The van der Waals surface area contributed by atoms with Gasteiger partial charge in [-0.05, 0) is 25.2 Å². The first-order valence-corrected chi connectivity index (χ1v) is 7.18. The van der Waals surface area contributed by atoms with Gasteiger partial charge in [0, 0.05) is 18.0 Å². The summed E-state index contributed by atoms with van der Waals surface area (Å²) in [5, 5.41) is 13.0. The maximum Gasteiger partial charge on any atom is 0.308 e. The lowest BCUT2D eigenvalue weighted by Gasteiger charge is -2.41. The molecule has 3 fully saturated rings. The van der Waals surface area contributed by atoms with Gasteiger partial charge in [0.05, 0.1) is 5.92 Å². The Balaban J connectivity index is 1.80. The monoisotopic (exact) mass is 237 g/mol. The number of carboxylic acids is 1. The van der Waals surface area contributed by atoms with Crippen LogP contribution in [0.25, 0.3) is 0 Å². The van der Waals surface area contributed by atoms with Crippen LogP contribution >= 0.6 is 0 Å². The molecule has 2 saturated carbocycles. The lowest BCUT2D eigenvalue weighted by atomic mass is 9.63. The van der Waals surface area contributed by atoms with Crippen molar-refractivity contribution in [2.24, 2.45) is 17.3 Å². The smallest absolute Gasteiger partial charge is 0.308 e. The zero-order valence-corrected chi connectivity index (χ0v) is 10.5. The quantitative estimate of drug-likeness (QED) is 0.792. The van der Waals surface area contributed by atoms with Crippen LogP contribution in [0.15, 0.2) is 0 Å². The van der Waals surface area contributed by atoms with Crippen molar-refractivity contribution < 1.29 is 9.90 Å². The maximum absolute atomic E-state index is 11.5. The molecule has 0 amide bonds. The minimum atomic E-state index is -0.572. The van der Waals surface area contributed by atoms with Crippen LogP contribution in [0.5, 0.6) is 0 Å². The number of aliphatic carboxylic acids is 1. The predicted molar refractivity (Wildman–Crippen MR) is 65.8 cm³/mol. The molecule has 2 N–H and O–H groups in total. The standard InChI is InChI=1S/C14H23NO2/c16-13(17)11-9-15-12(8-10-4-5-10)14(11)6-2-1-3-7-14/h10-12,15H,1-9H2,(H,16,17)/t11-,12+/m0/s1. The van der Waals surface area contributed by atoms with Crippen LogP contribution in [0.2, 0.25) is 0 Å². The number of rotatable bonds is 3. The molecule has 3 aliphatic rings. The van der Waals surface area contributed by atoms with E-state index in [1.807, 2.05) is 0 Å². The third kappa shape index (κ3) is 1.99. The van der Waals surface area contributed by atoms with Gasteiger partial charge in [0.25, 0.3) is 0 Å². The van der Waals surface area contributed by atoms with E-state index >= 15 is 0 Å². The summed E-state index contributed by atoms with van der Waals surface area (Å²) in [6, 6.07) is 0.483. The number of hydrogen-bond donors (Lipinski definition) is 2. The highest BCUT2D eigenvalue weighted by molar-refractivity contribution is 5.72. The molecule has 0 unspecified atom stereocenters. The molecule has 1 saturated heterocycles. The van der Waals surface area contributed by atoms with E-state index in [0.717, 1.165) is 18.8 Å². The van der Waals surface area contributed by atoms with Gasteiger partial charge in [0.15, 0.2) is 0 Å². The first kappa shape index (κ1) is 11.5. The van der Waals surface area contributed by atoms with Gasteiger partial charge < -0.3 is 10.4 Å². The highest BCUT2D eigenvalue weighted by atomic mass is 16.4. The molecule has 0 radical (unpaired) electrons. The van der Waals surface area contributed by atoms with Gasteiger partial charge in [-0.1, -0.05) is 32.1 Å². The van der Waals surface area contributed by atoms with E-state index in [1.54, 1.807) is 0 Å². The Morgan fingerprint density at radius 1 is 1.24 bits per heavy atom. The molecule has 2 atom stereocenters. The number of nitrogens with one attached hydrogen (secondary N) is 1. The molecular formula is C14H23NO2. The van der Waals surface area contributed by atoms with Gasteiger partial charge in [-0.15, -0.1) is 0 Å². The highest BCUT2D eigenvalue weighted by Crippen LogP contribution is 2.51. The van der Waals surface area contributed by atoms with Crippen molar-refractivity contribution in [1.29, 1.82) is 0 Å². The highest BCUT2D eigenvalue weighted by Gasteiger charge is 2.53. The predicted octanol–water partition coefficient (Wildman–Crippen LogP) is 2.41. The second kappa shape index (κ2) is 4.27. The molecule has 3 heteroatoms. The van der Waals surface area contributed by atoms with E-state index in [9.17, 15) is 9.90 Å². The van der Waals surface area contributed by atoms with E-state index in [4.69, 9.17) is 0 Å². The van der Waals surface area contributed by atoms with Gasteiger partial charge in [-0.3, -0.25) is 4.79 Å². The summed E-state index contributed by atoms with van der Waals surface area (Å²) < 4.78 is 0. The fourth-order valence-corrected chi connectivity index (χ4v) is 4.15. The average Bonchev–Trinajstić information content (AvgIpc) is 3.06. The van der Waals surface area contributed by atoms with Gasteiger partial charge in [0.2, 0.25) is 0 Å². The molecule has 3 rings (SSSR count). The molecule has 1 aliphatic heterocycles. The molecule has 0 aromatic heterocycles. The van der Waals surface area contributed by atoms with Gasteiger partial charge in [0.1, 0.15) is 0 Å². The fourth-order valence-electron chi connectivity index (χ4n) is 4.15. The van der Waals surface area contributed by atoms with E-state index in [1.165, 1.54) is 38.5 Å². The second-order valence-corrected chi connectivity index (χ2v) is 6.32. The Morgan fingerprint density at radius 3 is 2.53 bits per heavy atom. The first-order chi connectivity index (χ1) is 8.22. The van der Waals surface area contributed by atoms with Crippen LogP contribution in [0.3, 0.4) is 0 Å². The Bertz CT molecular complexity index is 305. The minimum Gasteiger partial charge on any atom is -0.481 e. The summed E-state index contributed by atoms with van der Waals surface area (Å²) in [4.78, 5) is 11.5. The summed E-state index contributed by atoms with van der Waals surface area (Å²) in [6.45, 7) is 0.701. The SMILES string of the molecule is O=C(O)[C@@H]1CN[C@H](CC2CC2)C12CCCCC2. The van der Waals surface area contributed by atoms with Crippen molar-refractivity contribution in [3.8, 4) is 0 Å². The summed E-state index contributed by atoms with van der Waals surface area (Å²) in [5.41, 5.74) is 0.0900. The molecule has 0 aromatic carbocycles. The third-order valence-electron chi connectivity index (χ3n) is 5.30. The Morgan fingerprint density at radius 2 is 1.94 bits per heavy atom. The summed E-state index contributed by atoms with van der Waals surface area (Å²) in [5.74, 6) is 0.183. The van der Waals surface area contributed by atoms with Crippen molar-refractivity contribution in [2.75, 3.05) is 6.54 Å². The van der Waals surface area contributed by atoms with Crippen LogP contribution in [0, 0.1) is 17.3 Å². The van der Waals surface area contributed by atoms with Crippen LogP contribution < -0.4 is 5.32 Å². The van der Waals surface area contributed by atoms with Crippen LogP contribution in [0.4, 0.5) is 0 Å². The van der Waals surface area contributed by atoms with Gasteiger partial charge in [-0.2, -0.15) is 0 Å². The molecule has 2 aliphatic carbocycles. The van der Waals surface area contributed by atoms with E-state index in [0.29, 0.717) is 12.6 Å². The Hall–Kier alpha value is -0.570. The molecule has 96 valence electrons. The maximum atomic E-state index is 11.5. The zero-order chi connectivity index (χ0) is 11.9. The lowest BCUT2D eigenvalue weighted by Crippen LogP contribution is -2.43. The summed E-state index contributed by atoms with van der Waals surface area (Å²) in [7, 11) is 0. The number of carboxylic acid groups (broad SMARTS) is 1. The van der Waals surface area contributed by atoms with Crippen molar-refractivity contribution in [3.63, 3.8) is 0 Å². The van der Waals surface area contributed by atoms with Crippen molar-refractivity contribution in [2.45, 2.75) is 57.4 Å². The number of carbonyl (C=O) groups is 1. The van der Waals surface area contributed by atoms with E-state index in [-0.39, 0.29) is 11.3 Å². The van der Waals surface area contributed by atoms with E-state index < -0.39 is 5.97 Å². The molecule has 0 aromatic rings. The van der Waals surface area contributed by atoms with Crippen molar-refractivity contribution >= 4 is 5.97 Å². The van der Waals surface area contributed by atoms with Gasteiger partial charge >= 0.3 is 5.97 Å². The van der Waals surface area contributed by atoms with E-state index in [2.05, 4.69) is 5.32 Å². The summed E-state index contributed by atoms with van der Waals surface area (Å²) in [6.07, 6.45) is 9.98. The van der Waals surface area contributed by atoms with Crippen molar-refractivity contribution in [1.82, 2.24) is 5.32 Å². The normalized spacial score (nSPS) is 36.2. The molecule has 1 spiro atoms. The van der Waals surface area contributed by atoms with Gasteiger partial charge in [-0.25, -0.2) is 0 Å². The first-order valence-electron chi connectivity index (χ1n) is 7.18. The minimum absolute atomic E-state index is 0.0900. The van der Waals surface area contributed by atoms with Crippen molar-refractivity contribution in [3.05, 3.63) is 0 Å². The molecule has 17 heavy (non-hydrogen) atoms. The average molecular weight is 237 g/mol. The van der Waals surface area contributed by atoms with Crippen LogP contribution in [-0.2, 0) is 4.79 Å². The molecule has 1 heterocycles. The molecule has 0 bridgehead atoms. The third-order valence-corrected chi connectivity index (χ3v) is 5.30. The van der Waals surface area contributed by atoms with Crippen LogP contribution in [-0.4, -0.2) is 23.7 Å². The molecule has 3 nitrogen and oxygen atoms in total. The number of hydrogen-bond acceptors (Lipinski definition) is 2. The fraction of sp³-hybridized carbons (Fsp3) is 0.929. The largest absolute Gasteiger partial charge is 0.481 e. The van der Waals surface area contributed by atoms with Crippen LogP contribution in [0.1, 0.15) is 51.4 Å². The summed E-state index contributed by atoms with van der Waals surface area (Å²) >= 11 is 0.